The van der Waals surface area contributed by atoms with Crippen molar-refractivity contribution in [3.8, 4) is 0 Å². The van der Waals surface area contributed by atoms with E-state index in [2.05, 4.69) is 23.5 Å². The molecule has 2 atom stereocenters. The van der Waals surface area contributed by atoms with Crippen LogP contribution in [0.3, 0.4) is 0 Å². The van der Waals surface area contributed by atoms with Gasteiger partial charge in [0.1, 0.15) is 11.3 Å². The maximum Gasteiger partial charge on any atom is 0.158 e. The predicted octanol–water partition coefficient (Wildman–Crippen LogP) is 2.77. The molecule has 104 valence electrons. The largest absolute Gasteiger partial charge is 0.313 e. The number of hydrogen-bond donors (Lipinski definition) is 0. The second-order valence-corrected chi connectivity index (χ2v) is 6.02. The monoisotopic (exact) mass is 280 g/mol. The molecule has 1 fully saturated rings. The highest BCUT2D eigenvalue weighted by Gasteiger charge is 2.34. The van der Waals surface area contributed by atoms with E-state index < -0.39 is 0 Å². The highest BCUT2D eigenvalue weighted by atomic mass is 35.5. The lowest BCUT2D eigenvalue weighted by atomic mass is 10.3. The molecule has 1 aliphatic carbocycles. The van der Waals surface area contributed by atoms with Gasteiger partial charge in [0.05, 0.1) is 5.69 Å². The van der Waals surface area contributed by atoms with Crippen LogP contribution in [0.4, 0.5) is 0 Å². The van der Waals surface area contributed by atoms with Crippen molar-refractivity contribution < 1.29 is 0 Å². The molecule has 2 heterocycles. The molecular formula is C14H21ClN4. The van der Waals surface area contributed by atoms with Gasteiger partial charge in [-0.25, -0.2) is 4.98 Å². The molecule has 0 N–H and O–H groups in total. The van der Waals surface area contributed by atoms with Gasteiger partial charge in [-0.2, -0.15) is 5.10 Å². The van der Waals surface area contributed by atoms with Crippen LogP contribution in [0.1, 0.15) is 31.8 Å². The van der Waals surface area contributed by atoms with Crippen molar-refractivity contribution in [1.29, 1.82) is 0 Å². The third-order valence-electron chi connectivity index (χ3n) is 4.22. The van der Waals surface area contributed by atoms with Crippen molar-refractivity contribution in [2.75, 3.05) is 5.88 Å². The lowest BCUT2D eigenvalue weighted by molar-refractivity contribution is 0.569. The van der Waals surface area contributed by atoms with E-state index in [0.717, 1.165) is 53.9 Å². The lowest BCUT2D eigenvalue weighted by Crippen LogP contribution is -2.10. The zero-order valence-electron chi connectivity index (χ0n) is 11.9. The molecule has 0 aliphatic heterocycles. The number of alkyl halides is 1. The summed E-state index contributed by atoms with van der Waals surface area (Å²) in [6, 6.07) is 0. The zero-order chi connectivity index (χ0) is 13.6. The minimum Gasteiger partial charge on any atom is -0.313 e. The highest BCUT2D eigenvalue weighted by molar-refractivity contribution is 6.17. The lowest BCUT2D eigenvalue weighted by Gasteiger charge is -2.08. The highest BCUT2D eigenvalue weighted by Crippen LogP contribution is 2.40. The van der Waals surface area contributed by atoms with E-state index in [1.807, 2.05) is 11.7 Å². The van der Waals surface area contributed by atoms with Crippen molar-refractivity contribution in [3.05, 3.63) is 11.5 Å². The maximum atomic E-state index is 5.92. The quantitative estimate of drug-likeness (QED) is 0.790. The van der Waals surface area contributed by atoms with Gasteiger partial charge in [0, 0.05) is 25.9 Å². The fraction of sp³-hybridized carbons (Fsp3) is 0.714. The minimum atomic E-state index is 0.623. The van der Waals surface area contributed by atoms with Crippen LogP contribution in [0, 0.1) is 11.8 Å². The molecule has 2 aromatic heterocycles. The summed E-state index contributed by atoms with van der Waals surface area (Å²) in [5.74, 6) is 3.39. The Labute approximate surface area is 118 Å². The van der Waals surface area contributed by atoms with Crippen LogP contribution in [-0.2, 0) is 26.4 Å². The van der Waals surface area contributed by atoms with Crippen LogP contribution >= 0.6 is 11.6 Å². The van der Waals surface area contributed by atoms with Gasteiger partial charge in [-0.3, -0.25) is 4.68 Å². The number of fused-ring (bicyclic) bond motifs is 1. The van der Waals surface area contributed by atoms with Gasteiger partial charge in [-0.1, -0.05) is 13.8 Å². The third kappa shape index (κ3) is 2.16. The van der Waals surface area contributed by atoms with Crippen LogP contribution < -0.4 is 0 Å². The molecule has 1 aliphatic rings. The molecule has 0 bridgehead atoms. The first-order valence-electron chi connectivity index (χ1n) is 7.12. The summed E-state index contributed by atoms with van der Waals surface area (Å²) in [7, 11) is 2.01. The van der Waals surface area contributed by atoms with Gasteiger partial charge >= 0.3 is 0 Å². The van der Waals surface area contributed by atoms with Gasteiger partial charge in [0.15, 0.2) is 5.65 Å². The third-order valence-corrected chi connectivity index (χ3v) is 4.41. The molecule has 19 heavy (non-hydrogen) atoms. The molecule has 0 radical (unpaired) electrons. The van der Waals surface area contributed by atoms with E-state index in [1.165, 1.54) is 6.42 Å². The normalized spacial score (nSPS) is 22.3. The molecule has 0 amide bonds. The Hall–Kier alpha value is -1.03. The average molecular weight is 281 g/mol. The number of aryl methyl sites for hydroxylation is 3. The zero-order valence-corrected chi connectivity index (χ0v) is 12.6. The first kappa shape index (κ1) is 13.0. The molecule has 0 saturated heterocycles. The summed E-state index contributed by atoms with van der Waals surface area (Å²) in [4.78, 5) is 4.80. The van der Waals surface area contributed by atoms with Crippen LogP contribution in [0.25, 0.3) is 11.2 Å². The summed E-state index contributed by atoms with van der Waals surface area (Å²) >= 11 is 5.92. The summed E-state index contributed by atoms with van der Waals surface area (Å²) in [5.41, 5.74) is 3.32. The Morgan fingerprint density at radius 2 is 2.16 bits per heavy atom. The Morgan fingerprint density at radius 3 is 2.74 bits per heavy atom. The van der Waals surface area contributed by atoms with E-state index in [9.17, 15) is 0 Å². The SMILES string of the molecule is CCc1nn(C)c2c1nc(CCCl)n2CC1CC1C. The average Bonchev–Trinajstić information content (AvgIpc) is 2.82. The van der Waals surface area contributed by atoms with Crippen LogP contribution in [0.15, 0.2) is 0 Å². The van der Waals surface area contributed by atoms with Crippen molar-refractivity contribution in [1.82, 2.24) is 19.3 Å². The van der Waals surface area contributed by atoms with Crippen molar-refractivity contribution >= 4 is 22.8 Å². The summed E-state index contributed by atoms with van der Waals surface area (Å²) in [6.07, 6.45) is 3.09. The summed E-state index contributed by atoms with van der Waals surface area (Å²) < 4.78 is 4.32. The van der Waals surface area contributed by atoms with Gasteiger partial charge in [0.25, 0.3) is 0 Å². The van der Waals surface area contributed by atoms with Crippen molar-refractivity contribution in [2.45, 2.75) is 39.7 Å². The van der Waals surface area contributed by atoms with Gasteiger partial charge in [0.2, 0.25) is 0 Å². The fourth-order valence-electron chi connectivity index (χ4n) is 2.88. The number of aromatic nitrogens is 4. The maximum absolute atomic E-state index is 5.92. The first-order valence-corrected chi connectivity index (χ1v) is 7.66. The predicted molar refractivity (Wildman–Crippen MR) is 77.6 cm³/mol. The Bertz CT molecular complexity index is 598. The van der Waals surface area contributed by atoms with Crippen LogP contribution in [-0.4, -0.2) is 25.2 Å². The number of halogens is 1. The standard InChI is InChI=1S/C14H21ClN4/c1-4-11-13-14(18(3)17-11)19(8-10-7-9(10)2)12(16-13)5-6-15/h9-10H,4-8H2,1-3H3. The van der Waals surface area contributed by atoms with Gasteiger partial charge in [-0.15, -0.1) is 11.6 Å². The number of imidazole rings is 1. The number of nitrogens with zero attached hydrogens (tertiary/aromatic N) is 4. The van der Waals surface area contributed by atoms with Crippen LogP contribution in [0.2, 0.25) is 0 Å². The second-order valence-electron chi connectivity index (χ2n) is 5.65. The van der Waals surface area contributed by atoms with Gasteiger partial charge in [-0.05, 0) is 24.7 Å². The molecule has 2 aromatic rings. The number of hydrogen-bond acceptors (Lipinski definition) is 2. The smallest absolute Gasteiger partial charge is 0.158 e. The van der Waals surface area contributed by atoms with Crippen molar-refractivity contribution in [2.24, 2.45) is 18.9 Å². The second kappa shape index (κ2) is 4.82. The molecule has 5 heteroatoms. The number of rotatable bonds is 5. The van der Waals surface area contributed by atoms with Crippen LogP contribution in [0.5, 0.6) is 0 Å². The Morgan fingerprint density at radius 1 is 1.42 bits per heavy atom. The first-order chi connectivity index (χ1) is 9.15. The van der Waals surface area contributed by atoms with Gasteiger partial charge < -0.3 is 4.57 Å². The van der Waals surface area contributed by atoms with E-state index in [4.69, 9.17) is 16.6 Å². The van der Waals surface area contributed by atoms with E-state index in [0.29, 0.717) is 5.88 Å². The summed E-state index contributed by atoms with van der Waals surface area (Å²) in [5, 5.41) is 4.58. The molecular weight excluding hydrogens is 260 g/mol. The van der Waals surface area contributed by atoms with E-state index in [1.54, 1.807) is 0 Å². The Kier molecular flexibility index (Phi) is 3.29. The summed E-state index contributed by atoms with van der Waals surface area (Å²) in [6.45, 7) is 5.51. The minimum absolute atomic E-state index is 0.623. The molecule has 2 unspecified atom stereocenters. The van der Waals surface area contributed by atoms with E-state index in [-0.39, 0.29) is 0 Å². The molecule has 4 nitrogen and oxygen atoms in total. The Balaban J connectivity index is 2.08. The topological polar surface area (TPSA) is 35.6 Å². The molecule has 1 saturated carbocycles. The van der Waals surface area contributed by atoms with Crippen molar-refractivity contribution in [3.63, 3.8) is 0 Å². The molecule has 3 rings (SSSR count). The fourth-order valence-corrected chi connectivity index (χ4v) is 3.05. The van der Waals surface area contributed by atoms with E-state index >= 15 is 0 Å². The molecule has 0 aromatic carbocycles. The molecule has 0 spiro atoms.